The number of Topliss-reactive ketones (excluding diaryl/α,β-unsaturated/α-hetero) is 1. The molecule has 1 amide bonds. The molecule has 0 heterocycles. The van der Waals surface area contributed by atoms with Gasteiger partial charge < -0.3 is 11.1 Å². The number of carbonyl (C=O) groups is 2. The molecule has 0 fully saturated rings. The topological polar surface area (TPSA) is 72.2 Å². The van der Waals surface area contributed by atoms with Gasteiger partial charge in [0.15, 0.2) is 5.78 Å². The average Bonchev–Trinajstić information content (AvgIpc) is 2.15. The van der Waals surface area contributed by atoms with Gasteiger partial charge in [-0.3, -0.25) is 9.59 Å². The molecule has 2 atom stereocenters. The lowest BCUT2D eigenvalue weighted by Gasteiger charge is -2.19. The van der Waals surface area contributed by atoms with Gasteiger partial charge in [-0.05, 0) is 32.2 Å². The molecule has 0 aromatic rings. The van der Waals surface area contributed by atoms with Crippen molar-refractivity contribution in [2.75, 3.05) is 6.54 Å². The molecule has 0 rings (SSSR count). The summed E-state index contributed by atoms with van der Waals surface area (Å²) in [6.07, 6.45) is 1.34. The van der Waals surface area contributed by atoms with Crippen molar-refractivity contribution >= 4 is 11.7 Å². The van der Waals surface area contributed by atoms with E-state index < -0.39 is 6.04 Å². The van der Waals surface area contributed by atoms with Crippen molar-refractivity contribution in [1.29, 1.82) is 0 Å². The average molecular weight is 228 g/mol. The number of amides is 1. The summed E-state index contributed by atoms with van der Waals surface area (Å²) in [6, 6.07) is -0.424. The van der Waals surface area contributed by atoms with E-state index in [1.54, 1.807) is 0 Å². The van der Waals surface area contributed by atoms with E-state index in [-0.39, 0.29) is 17.6 Å². The molecule has 0 aliphatic rings. The van der Waals surface area contributed by atoms with Crippen molar-refractivity contribution < 1.29 is 9.59 Å². The first kappa shape index (κ1) is 15.1. The number of carbonyl (C=O) groups excluding carboxylic acids is 2. The first-order chi connectivity index (χ1) is 7.38. The molecule has 0 saturated heterocycles. The third-order valence-electron chi connectivity index (χ3n) is 2.54. The fourth-order valence-electron chi connectivity index (χ4n) is 1.67. The van der Waals surface area contributed by atoms with Gasteiger partial charge in [-0.2, -0.15) is 0 Å². The van der Waals surface area contributed by atoms with Crippen LogP contribution < -0.4 is 11.1 Å². The Bertz CT molecular complexity index is 239. The van der Waals surface area contributed by atoms with E-state index in [9.17, 15) is 9.59 Å². The zero-order valence-electron chi connectivity index (χ0n) is 10.7. The fraction of sp³-hybridized carbons (Fsp3) is 0.833. The molecular weight excluding hydrogens is 204 g/mol. The minimum Gasteiger partial charge on any atom is -0.346 e. The van der Waals surface area contributed by atoms with Crippen LogP contribution in [0.15, 0.2) is 0 Å². The number of rotatable bonds is 7. The molecule has 3 N–H and O–H groups in total. The Morgan fingerprint density at radius 1 is 1.25 bits per heavy atom. The summed E-state index contributed by atoms with van der Waals surface area (Å²) >= 11 is 0. The van der Waals surface area contributed by atoms with Gasteiger partial charge in [-0.1, -0.05) is 20.8 Å². The summed E-state index contributed by atoms with van der Waals surface area (Å²) < 4.78 is 0. The Morgan fingerprint density at radius 2 is 1.81 bits per heavy atom. The van der Waals surface area contributed by atoms with Crippen LogP contribution in [0.3, 0.4) is 0 Å². The van der Waals surface area contributed by atoms with Crippen molar-refractivity contribution in [1.82, 2.24) is 5.32 Å². The van der Waals surface area contributed by atoms with Crippen LogP contribution in [0.2, 0.25) is 0 Å². The van der Waals surface area contributed by atoms with Crippen LogP contribution in [0.25, 0.3) is 0 Å². The normalized spacial score (nSPS) is 14.6. The quantitative estimate of drug-likeness (QED) is 0.685. The van der Waals surface area contributed by atoms with Gasteiger partial charge in [0.05, 0.1) is 6.04 Å². The first-order valence-corrected chi connectivity index (χ1v) is 5.89. The number of ketones is 1. The van der Waals surface area contributed by atoms with Crippen molar-refractivity contribution in [2.24, 2.45) is 17.6 Å². The molecule has 94 valence electrons. The maximum absolute atomic E-state index is 11.8. The second kappa shape index (κ2) is 7.39. The highest BCUT2D eigenvalue weighted by Gasteiger charge is 2.20. The number of hydrogen-bond donors (Lipinski definition) is 2. The first-order valence-electron chi connectivity index (χ1n) is 5.89. The lowest BCUT2D eigenvalue weighted by Crippen LogP contribution is -2.43. The predicted octanol–water partition coefficient (Wildman–Crippen LogP) is 1.09. The highest BCUT2D eigenvalue weighted by molar-refractivity contribution is 5.88. The van der Waals surface area contributed by atoms with Gasteiger partial charge in [0.25, 0.3) is 0 Å². The summed E-state index contributed by atoms with van der Waals surface area (Å²) in [5.41, 5.74) is 5.40. The van der Waals surface area contributed by atoms with Gasteiger partial charge in [0.2, 0.25) is 5.91 Å². The fourth-order valence-corrected chi connectivity index (χ4v) is 1.67. The zero-order chi connectivity index (χ0) is 12.7. The highest BCUT2D eigenvalue weighted by Crippen LogP contribution is 2.11. The minimum absolute atomic E-state index is 0.0319. The lowest BCUT2D eigenvalue weighted by atomic mass is 9.97. The highest BCUT2D eigenvalue weighted by atomic mass is 16.2. The molecule has 0 saturated carbocycles. The summed E-state index contributed by atoms with van der Waals surface area (Å²) in [5.74, 6) is 0.337. The molecule has 0 aromatic heterocycles. The lowest BCUT2D eigenvalue weighted by molar-refractivity contribution is -0.129. The van der Waals surface area contributed by atoms with E-state index in [1.807, 2.05) is 6.92 Å². The van der Waals surface area contributed by atoms with Gasteiger partial charge in [0.1, 0.15) is 0 Å². The van der Waals surface area contributed by atoms with Crippen LogP contribution in [-0.2, 0) is 9.59 Å². The second-order valence-corrected chi connectivity index (χ2v) is 4.78. The molecule has 0 spiro atoms. The van der Waals surface area contributed by atoms with Crippen molar-refractivity contribution in [3.05, 3.63) is 0 Å². The third-order valence-corrected chi connectivity index (χ3v) is 2.54. The van der Waals surface area contributed by atoms with E-state index in [1.165, 1.54) is 6.92 Å². The minimum atomic E-state index is -0.424. The van der Waals surface area contributed by atoms with E-state index >= 15 is 0 Å². The van der Waals surface area contributed by atoms with E-state index in [0.717, 1.165) is 6.42 Å². The predicted molar refractivity (Wildman–Crippen MR) is 64.9 cm³/mol. The Kier molecular flexibility index (Phi) is 6.97. The van der Waals surface area contributed by atoms with E-state index in [4.69, 9.17) is 5.73 Å². The molecule has 0 radical (unpaired) electrons. The summed E-state index contributed by atoms with van der Waals surface area (Å²) in [4.78, 5) is 23.0. The molecule has 4 nitrogen and oxygen atoms in total. The van der Waals surface area contributed by atoms with E-state index in [0.29, 0.717) is 18.9 Å². The van der Waals surface area contributed by atoms with Gasteiger partial charge in [0, 0.05) is 5.92 Å². The molecule has 0 unspecified atom stereocenters. The van der Waals surface area contributed by atoms with Crippen molar-refractivity contribution in [3.8, 4) is 0 Å². The van der Waals surface area contributed by atoms with Gasteiger partial charge >= 0.3 is 0 Å². The smallest absolute Gasteiger partial charge is 0.223 e. The molecule has 0 aromatic carbocycles. The van der Waals surface area contributed by atoms with Crippen LogP contribution in [-0.4, -0.2) is 24.3 Å². The Morgan fingerprint density at radius 3 is 2.19 bits per heavy atom. The van der Waals surface area contributed by atoms with Crippen LogP contribution in [0.5, 0.6) is 0 Å². The second-order valence-electron chi connectivity index (χ2n) is 4.78. The molecule has 16 heavy (non-hydrogen) atoms. The standard InChI is InChI=1S/C12H24N2O2/c1-8(2)7-9(3)12(16)14-11(5-6-13)10(4)15/h8-9,11H,5-7,13H2,1-4H3,(H,14,16)/t9-,11+/m1/s1. The third kappa shape index (κ3) is 5.85. The maximum atomic E-state index is 11.8. The maximum Gasteiger partial charge on any atom is 0.223 e. The molecule has 4 heteroatoms. The summed E-state index contributed by atoms with van der Waals surface area (Å²) in [6.45, 7) is 7.92. The van der Waals surface area contributed by atoms with Gasteiger partial charge in [-0.15, -0.1) is 0 Å². The Labute approximate surface area is 98.0 Å². The molecular formula is C12H24N2O2. The van der Waals surface area contributed by atoms with Crippen LogP contribution in [0.1, 0.15) is 40.5 Å². The van der Waals surface area contributed by atoms with Crippen molar-refractivity contribution in [3.63, 3.8) is 0 Å². The summed E-state index contributed by atoms with van der Waals surface area (Å²) in [7, 11) is 0. The Hall–Kier alpha value is -0.900. The Balaban J connectivity index is 4.23. The molecule has 0 aliphatic heterocycles. The monoisotopic (exact) mass is 228 g/mol. The molecule has 0 aliphatic carbocycles. The van der Waals surface area contributed by atoms with Crippen LogP contribution in [0, 0.1) is 11.8 Å². The SMILES string of the molecule is CC(=O)[C@H](CCN)NC(=O)[C@H](C)CC(C)C. The van der Waals surface area contributed by atoms with Crippen molar-refractivity contribution in [2.45, 2.75) is 46.6 Å². The zero-order valence-corrected chi connectivity index (χ0v) is 10.7. The van der Waals surface area contributed by atoms with Crippen LogP contribution in [0.4, 0.5) is 0 Å². The summed E-state index contributed by atoms with van der Waals surface area (Å²) in [5, 5.41) is 2.75. The van der Waals surface area contributed by atoms with Gasteiger partial charge in [-0.25, -0.2) is 0 Å². The number of nitrogens with one attached hydrogen (secondary N) is 1. The number of nitrogens with two attached hydrogens (primary N) is 1. The largest absolute Gasteiger partial charge is 0.346 e. The number of hydrogen-bond acceptors (Lipinski definition) is 3. The molecule has 0 bridgehead atoms. The van der Waals surface area contributed by atoms with Crippen LogP contribution >= 0.6 is 0 Å². The van der Waals surface area contributed by atoms with E-state index in [2.05, 4.69) is 19.2 Å².